The van der Waals surface area contributed by atoms with E-state index in [-0.39, 0.29) is 12.6 Å². The van der Waals surface area contributed by atoms with E-state index in [2.05, 4.69) is 23.4 Å². The summed E-state index contributed by atoms with van der Waals surface area (Å²) in [6.07, 6.45) is 4.81. The van der Waals surface area contributed by atoms with E-state index in [9.17, 15) is 0 Å². The fourth-order valence-electron chi connectivity index (χ4n) is 2.01. The second-order valence-corrected chi connectivity index (χ2v) is 5.15. The molecule has 0 amide bonds. The second-order valence-electron chi connectivity index (χ2n) is 5.15. The molecule has 0 bridgehead atoms. The van der Waals surface area contributed by atoms with Gasteiger partial charge in [-0.1, -0.05) is 13.8 Å². The molecule has 84 valence electrons. The average Bonchev–Trinajstić information content (AvgIpc) is 2.65. The fourth-order valence-corrected chi connectivity index (χ4v) is 2.01. The van der Waals surface area contributed by atoms with Gasteiger partial charge in [0.1, 0.15) is 0 Å². The van der Waals surface area contributed by atoms with Gasteiger partial charge in [-0.2, -0.15) is 0 Å². The summed E-state index contributed by atoms with van der Waals surface area (Å²) in [6.45, 7) is 5.50. The Balaban J connectivity index is 2.06. The predicted octanol–water partition coefficient (Wildman–Crippen LogP) is 0.921. The molecule has 2 unspecified atom stereocenters. The van der Waals surface area contributed by atoms with Crippen LogP contribution in [0.25, 0.3) is 0 Å². The molecule has 4 heteroatoms. The maximum Gasteiger partial charge on any atom is 0.0948 e. The fraction of sp³-hybridized carbons (Fsp3) is 0.727. The van der Waals surface area contributed by atoms with Crippen LogP contribution in [0.2, 0.25) is 0 Å². The quantitative estimate of drug-likeness (QED) is 0.775. The molecule has 1 aromatic heterocycles. The van der Waals surface area contributed by atoms with Crippen LogP contribution in [0.15, 0.2) is 12.5 Å². The molecule has 0 spiro atoms. The Labute approximate surface area is 90.1 Å². The van der Waals surface area contributed by atoms with E-state index in [1.165, 1.54) is 6.42 Å². The summed E-state index contributed by atoms with van der Waals surface area (Å²) in [7, 11) is 0. The van der Waals surface area contributed by atoms with Gasteiger partial charge >= 0.3 is 0 Å². The van der Waals surface area contributed by atoms with Crippen molar-refractivity contribution in [2.75, 3.05) is 6.61 Å². The molecule has 2 rings (SSSR count). The molecule has 2 atom stereocenters. The zero-order chi connectivity index (χ0) is 11.1. The summed E-state index contributed by atoms with van der Waals surface area (Å²) in [4.78, 5) is 4.09. The molecule has 1 aliphatic rings. The van der Waals surface area contributed by atoms with Crippen molar-refractivity contribution in [1.29, 1.82) is 0 Å². The summed E-state index contributed by atoms with van der Waals surface area (Å²) >= 11 is 0. The van der Waals surface area contributed by atoms with E-state index >= 15 is 0 Å². The Morgan fingerprint density at radius 2 is 2.40 bits per heavy atom. The first-order valence-corrected chi connectivity index (χ1v) is 5.41. The highest BCUT2D eigenvalue weighted by atomic mass is 16.3. The summed E-state index contributed by atoms with van der Waals surface area (Å²) in [5.41, 5.74) is 7.19. The molecule has 0 radical (unpaired) electrons. The molecule has 0 saturated heterocycles. The van der Waals surface area contributed by atoms with Gasteiger partial charge in [0, 0.05) is 12.7 Å². The van der Waals surface area contributed by atoms with Gasteiger partial charge in [-0.3, -0.25) is 0 Å². The van der Waals surface area contributed by atoms with E-state index in [0.717, 1.165) is 18.2 Å². The molecule has 0 aliphatic heterocycles. The third kappa shape index (κ3) is 2.06. The Kier molecular flexibility index (Phi) is 2.56. The van der Waals surface area contributed by atoms with Gasteiger partial charge in [-0.05, 0) is 17.8 Å². The Morgan fingerprint density at radius 3 is 2.93 bits per heavy atom. The number of nitrogens with zero attached hydrogens (tertiary/aromatic N) is 2. The van der Waals surface area contributed by atoms with E-state index in [4.69, 9.17) is 10.8 Å². The number of hydrogen-bond donors (Lipinski definition) is 2. The zero-order valence-electron chi connectivity index (χ0n) is 9.35. The average molecular weight is 209 g/mol. The maximum atomic E-state index is 9.02. The molecule has 1 heterocycles. The van der Waals surface area contributed by atoms with Crippen LogP contribution in [0, 0.1) is 11.3 Å². The van der Waals surface area contributed by atoms with Crippen molar-refractivity contribution in [1.82, 2.24) is 9.55 Å². The van der Waals surface area contributed by atoms with Crippen LogP contribution in [0.5, 0.6) is 0 Å². The van der Waals surface area contributed by atoms with Gasteiger partial charge in [0.05, 0.1) is 24.7 Å². The first-order chi connectivity index (χ1) is 7.04. The van der Waals surface area contributed by atoms with Gasteiger partial charge in [-0.15, -0.1) is 0 Å². The molecule has 15 heavy (non-hydrogen) atoms. The van der Waals surface area contributed by atoms with Crippen LogP contribution >= 0.6 is 0 Å². The second kappa shape index (κ2) is 3.61. The molecule has 3 N–H and O–H groups in total. The number of aliphatic hydroxyl groups excluding tert-OH is 1. The largest absolute Gasteiger partial charge is 0.394 e. The number of aromatic nitrogens is 2. The van der Waals surface area contributed by atoms with Crippen molar-refractivity contribution in [2.45, 2.75) is 32.9 Å². The Morgan fingerprint density at radius 1 is 1.73 bits per heavy atom. The lowest BCUT2D eigenvalue weighted by molar-refractivity contribution is 0.262. The minimum Gasteiger partial charge on any atom is -0.394 e. The summed E-state index contributed by atoms with van der Waals surface area (Å²) in [5, 5.41) is 9.02. The van der Waals surface area contributed by atoms with Crippen molar-refractivity contribution < 1.29 is 5.11 Å². The maximum absolute atomic E-state index is 9.02. The van der Waals surface area contributed by atoms with Crippen molar-refractivity contribution in [3.63, 3.8) is 0 Å². The van der Waals surface area contributed by atoms with Gasteiger partial charge in [-0.25, -0.2) is 4.98 Å². The van der Waals surface area contributed by atoms with Crippen molar-refractivity contribution in [2.24, 2.45) is 17.1 Å². The molecule has 1 saturated carbocycles. The van der Waals surface area contributed by atoms with Crippen molar-refractivity contribution in [3.8, 4) is 0 Å². The van der Waals surface area contributed by atoms with Crippen LogP contribution in [0.3, 0.4) is 0 Å². The third-order valence-electron chi connectivity index (χ3n) is 3.46. The minimum absolute atomic E-state index is 0.0280. The zero-order valence-corrected chi connectivity index (χ0v) is 9.35. The summed E-state index contributed by atoms with van der Waals surface area (Å²) in [6, 6.07) is -0.311. The Hall–Kier alpha value is -0.870. The number of nitrogens with two attached hydrogens (primary N) is 1. The normalized spacial score (nSPS) is 25.2. The van der Waals surface area contributed by atoms with Crippen LogP contribution in [-0.2, 0) is 6.54 Å². The topological polar surface area (TPSA) is 64.1 Å². The van der Waals surface area contributed by atoms with Crippen LogP contribution in [-0.4, -0.2) is 21.3 Å². The van der Waals surface area contributed by atoms with Crippen LogP contribution in [0.4, 0.5) is 0 Å². The standard InChI is InChI=1S/C11H19N3O/c1-11(2)3-8(11)5-14-7-13-4-10(14)9(12)6-15/h4,7-9,15H,3,5-6,12H2,1-2H3. The SMILES string of the molecule is CC1(C)CC1Cn1cncc1C(N)CO. The van der Waals surface area contributed by atoms with E-state index in [1.807, 2.05) is 0 Å². The van der Waals surface area contributed by atoms with Gasteiger partial charge < -0.3 is 15.4 Å². The van der Waals surface area contributed by atoms with Crippen molar-refractivity contribution >= 4 is 0 Å². The van der Waals surface area contributed by atoms with Crippen LogP contribution in [0.1, 0.15) is 32.0 Å². The molecule has 1 aliphatic carbocycles. The molecule has 0 aromatic carbocycles. The molecular formula is C11H19N3O. The van der Waals surface area contributed by atoms with Gasteiger partial charge in [0.2, 0.25) is 0 Å². The molecule has 1 aromatic rings. The van der Waals surface area contributed by atoms with Crippen molar-refractivity contribution in [3.05, 3.63) is 18.2 Å². The Bertz CT molecular complexity index is 345. The summed E-state index contributed by atoms with van der Waals surface area (Å²) in [5.74, 6) is 0.719. The number of imidazole rings is 1. The molecule has 1 fully saturated rings. The number of rotatable bonds is 4. The highest BCUT2D eigenvalue weighted by molar-refractivity contribution is 5.06. The highest BCUT2D eigenvalue weighted by Gasteiger charge is 2.45. The monoisotopic (exact) mass is 209 g/mol. The lowest BCUT2D eigenvalue weighted by Crippen LogP contribution is -2.19. The summed E-state index contributed by atoms with van der Waals surface area (Å²) < 4.78 is 2.07. The van der Waals surface area contributed by atoms with Gasteiger partial charge in [0.25, 0.3) is 0 Å². The van der Waals surface area contributed by atoms with E-state index < -0.39 is 0 Å². The number of aliphatic hydroxyl groups is 1. The predicted molar refractivity (Wildman–Crippen MR) is 58.1 cm³/mol. The molecular weight excluding hydrogens is 190 g/mol. The first kappa shape index (κ1) is 10.6. The number of hydrogen-bond acceptors (Lipinski definition) is 3. The van der Waals surface area contributed by atoms with E-state index in [0.29, 0.717) is 5.41 Å². The smallest absolute Gasteiger partial charge is 0.0948 e. The minimum atomic E-state index is -0.311. The first-order valence-electron chi connectivity index (χ1n) is 5.41. The van der Waals surface area contributed by atoms with Crippen LogP contribution < -0.4 is 5.73 Å². The third-order valence-corrected chi connectivity index (χ3v) is 3.46. The highest BCUT2D eigenvalue weighted by Crippen LogP contribution is 2.52. The molecule has 4 nitrogen and oxygen atoms in total. The van der Waals surface area contributed by atoms with Gasteiger partial charge in [0.15, 0.2) is 0 Å². The lowest BCUT2D eigenvalue weighted by Gasteiger charge is -2.13. The lowest BCUT2D eigenvalue weighted by atomic mass is 10.1. The van der Waals surface area contributed by atoms with E-state index in [1.54, 1.807) is 12.5 Å².